The maximum absolute atomic E-state index is 13.4. The van der Waals surface area contributed by atoms with Gasteiger partial charge in [-0.15, -0.1) is 0 Å². The van der Waals surface area contributed by atoms with Gasteiger partial charge in [0.25, 0.3) is 11.8 Å². The summed E-state index contributed by atoms with van der Waals surface area (Å²) >= 11 is 0. The first-order chi connectivity index (χ1) is 14.0. The van der Waals surface area contributed by atoms with E-state index in [-0.39, 0.29) is 23.7 Å². The number of carbonyl (C=O) groups excluding carboxylic acids is 2. The van der Waals surface area contributed by atoms with Crippen molar-refractivity contribution >= 4 is 23.3 Å². The Morgan fingerprint density at radius 3 is 2.07 bits per heavy atom. The van der Waals surface area contributed by atoms with Crippen LogP contribution in [0.1, 0.15) is 19.4 Å². The van der Waals surface area contributed by atoms with E-state index in [1.54, 1.807) is 30.6 Å². The van der Waals surface area contributed by atoms with Crippen molar-refractivity contribution in [1.82, 2.24) is 19.8 Å². The molecule has 2 aliphatic heterocycles. The molecule has 0 atom stereocenters. The molecule has 8 heteroatoms. The Labute approximate surface area is 168 Å². The number of hydrogen-bond donors (Lipinski definition) is 0. The van der Waals surface area contributed by atoms with Crippen molar-refractivity contribution < 1.29 is 14.0 Å². The smallest absolute Gasteiger partial charge is 0.278 e. The second-order valence-corrected chi connectivity index (χ2v) is 7.33. The van der Waals surface area contributed by atoms with Crippen molar-refractivity contribution in [3.63, 3.8) is 0 Å². The highest BCUT2D eigenvalue weighted by Gasteiger charge is 2.43. The standard InChI is InChI=1S/C21H22FN5O2/c1-14(2)27-19(28)17(15-4-6-16(22)7-5-15)18(20(27)29)25-10-12-26(13-11-25)21-23-8-3-9-24-21/h3-9,14H,10-13H2,1-2H3. The number of carbonyl (C=O) groups is 2. The van der Waals surface area contributed by atoms with Crippen LogP contribution in [0.4, 0.5) is 10.3 Å². The third-order valence-electron chi connectivity index (χ3n) is 5.17. The molecule has 0 unspecified atom stereocenters. The predicted octanol–water partition coefficient (Wildman–Crippen LogP) is 1.93. The Morgan fingerprint density at radius 2 is 1.48 bits per heavy atom. The summed E-state index contributed by atoms with van der Waals surface area (Å²) < 4.78 is 13.4. The molecule has 2 amide bonds. The van der Waals surface area contributed by atoms with Crippen molar-refractivity contribution in [3.05, 3.63) is 59.8 Å². The van der Waals surface area contributed by atoms with Gasteiger partial charge in [0.15, 0.2) is 0 Å². The monoisotopic (exact) mass is 395 g/mol. The van der Waals surface area contributed by atoms with Crippen molar-refractivity contribution in [1.29, 1.82) is 0 Å². The summed E-state index contributed by atoms with van der Waals surface area (Å²) in [6.07, 6.45) is 3.40. The second-order valence-electron chi connectivity index (χ2n) is 7.33. The molecular weight excluding hydrogens is 373 g/mol. The zero-order valence-electron chi connectivity index (χ0n) is 16.4. The molecule has 0 bridgehead atoms. The number of piperazine rings is 1. The fourth-order valence-corrected chi connectivity index (χ4v) is 3.76. The fraction of sp³-hybridized carbons (Fsp3) is 0.333. The van der Waals surface area contributed by atoms with Gasteiger partial charge in [-0.1, -0.05) is 12.1 Å². The largest absolute Gasteiger partial charge is 0.363 e. The number of benzene rings is 1. The molecule has 0 N–H and O–H groups in total. The van der Waals surface area contributed by atoms with Gasteiger partial charge in [-0.2, -0.15) is 0 Å². The topological polar surface area (TPSA) is 69.6 Å². The lowest BCUT2D eigenvalue weighted by Gasteiger charge is -2.36. The summed E-state index contributed by atoms with van der Waals surface area (Å²) in [5.74, 6) is -0.364. The molecular formula is C21H22FN5O2. The van der Waals surface area contributed by atoms with E-state index < -0.39 is 0 Å². The molecule has 2 aliphatic rings. The van der Waals surface area contributed by atoms with Gasteiger partial charge in [-0.25, -0.2) is 14.4 Å². The lowest BCUT2D eigenvalue weighted by Crippen LogP contribution is -2.48. The molecule has 1 saturated heterocycles. The van der Waals surface area contributed by atoms with E-state index in [0.717, 1.165) is 0 Å². The van der Waals surface area contributed by atoms with E-state index in [2.05, 4.69) is 14.9 Å². The number of nitrogens with zero attached hydrogens (tertiary/aromatic N) is 5. The molecule has 0 saturated carbocycles. The minimum Gasteiger partial charge on any atom is -0.363 e. The van der Waals surface area contributed by atoms with E-state index in [9.17, 15) is 14.0 Å². The van der Waals surface area contributed by atoms with E-state index in [1.165, 1.54) is 17.0 Å². The quantitative estimate of drug-likeness (QED) is 0.737. The Hall–Kier alpha value is -3.29. The van der Waals surface area contributed by atoms with Gasteiger partial charge in [-0.3, -0.25) is 14.5 Å². The molecule has 29 heavy (non-hydrogen) atoms. The number of aromatic nitrogens is 2. The van der Waals surface area contributed by atoms with Crippen LogP contribution in [0.25, 0.3) is 5.57 Å². The SMILES string of the molecule is CC(C)N1C(=O)C(c2ccc(F)cc2)=C(N2CCN(c3ncccn3)CC2)C1=O. The number of amides is 2. The molecule has 0 radical (unpaired) electrons. The second kappa shape index (κ2) is 7.62. The van der Waals surface area contributed by atoms with Crippen molar-refractivity contribution in [2.24, 2.45) is 0 Å². The van der Waals surface area contributed by atoms with Crippen LogP contribution in [0, 0.1) is 5.82 Å². The molecule has 1 aromatic carbocycles. The van der Waals surface area contributed by atoms with Gasteiger partial charge in [0.2, 0.25) is 5.95 Å². The highest BCUT2D eigenvalue weighted by molar-refractivity contribution is 6.35. The van der Waals surface area contributed by atoms with Crippen LogP contribution in [0.3, 0.4) is 0 Å². The molecule has 7 nitrogen and oxygen atoms in total. The fourth-order valence-electron chi connectivity index (χ4n) is 3.76. The predicted molar refractivity (Wildman–Crippen MR) is 106 cm³/mol. The van der Waals surface area contributed by atoms with Gasteiger partial charge in [0.05, 0.1) is 5.57 Å². The van der Waals surface area contributed by atoms with Gasteiger partial charge in [0.1, 0.15) is 11.5 Å². The number of rotatable bonds is 4. The normalized spacial score (nSPS) is 17.7. The van der Waals surface area contributed by atoms with E-state index in [4.69, 9.17) is 0 Å². The zero-order valence-corrected chi connectivity index (χ0v) is 16.4. The highest BCUT2D eigenvalue weighted by atomic mass is 19.1. The Balaban J connectivity index is 1.66. The molecule has 0 spiro atoms. The van der Waals surface area contributed by atoms with Crippen LogP contribution < -0.4 is 4.90 Å². The summed E-state index contributed by atoms with van der Waals surface area (Å²) in [6.45, 7) is 6.00. The van der Waals surface area contributed by atoms with Crippen LogP contribution in [-0.2, 0) is 9.59 Å². The van der Waals surface area contributed by atoms with Gasteiger partial charge in [-0.05, 0) is 37.6 Å². The lowest BCUT2D eigenvalue weighted by molar-refractivity contribution is -0.139. The number of anilines is 1. The summed E-state index contributed by atoms with van der Waals surface area (Å²) in [7, 11) is 0. The molecule has 0 aliphatic carbocycles. The molecule has 150 valence electrons. The average Bonchev–Trinajstić information content (AvgIpc) is 2.99. The minimum absolute atomic E-state index is 0.262. The van der Waals surface area contributed by atoms with E-state index >= 15 is 0 Å². The molecule has 1 aromatic heterocycles. The lowest BCUT2D eigenvalue weighted by atomic mass is 10.0. The summed E-state index contributed by atoms with van der Waals surface area (Å²) in [5, 5.41) is 0. The summed E-state index contributed by atoms with van der Waals surface area (Å²) in [4.78, 5) is 40.1. The maximum atomic E-state index is 13.4. The zero-order chi connectivity index (χ0) is 20.5. The third kappa shape index (κ3) is 3.46. The Morgan fingerprint density at radius 1 is 0.897 bits per heavy atom. The van der Waals surface area contributed by atoms with Crippen molar-refractivity contribution in [2.45, 2.75) is 19.9 Å². The summed E-state index contributed by atoms with van der Waals surface area (Å²) in [6, 6.07) is 7.22. The molecule has 1 fully saturated rings. The Kier molecular flexibility index (Phi) is 5.00. The third-order valence-corrected chi connectivity index (χ3v) is 5.17. The van der Waals surface area contributed by atoms with Crippen LogP contribution in [0.5, 0.6) is 0 Å². The van der Waals surface area contributed by atoms with Crippen LogP contribution >= 0.6 is 0 Å². The Bertz CT molecular complexity index is 951. The van der Waals surface area contributed by atoms with Crippen LogP contribution in [-0.4, -0.2) is 63.8 Å². The highest BCUT2D eigenvalue weighted by Crippen LogP contribution is 2.33. The molecule has 3 heterocycles. The van der Waals surface area contributed by atoms with Crippen LogP contribution in [0.2, 0.25) is 0 Å². The first-order valence-corrected chi connectivity index (χ1v) is 9.62. The first kappa shape index (κ1) is 19.0. The number of imide groups is 1. The summed E-state index contributed by atoms with van der Waals surface area (Å²) in [5.41, 5.74) is 1.29. The average molecular weight is 395 g/mol. The van der Waals surface area contributed by atoms with Gasteiger partial charge < -0.3 is 9.80 Å². The first-order valence-electron chi connectivity index (χ1n) is 9.62. The van der Waals surface area contributed by atoms with E-state index in [1.807, 2.05) is 18.7 Å². The van der Waals surface area contributed by atoms with Gasteiger partial charge in [0, 0.05) is 44.6 Å². The molecule has 4 rings (SSSR count). The maximum Gasteiger partial charge on any atom is 0.278 e. The van der Waals surface area contributed by atoms with Crippen LogP contribution in [0.15, 0.2) is 48.4 Å². The van der Waals surface area contributed by atoms with E-state index in [0.29, 0.717) is 49.0 Å². The molecule has 2 aromatic rings. The minimum atomic E-state index is -0.384. The van der Waals surface area contributed by atoms with Crippen molar-refractivity contribution in [2.75, 3.05) is 31.1 Å². The van der Waals surface area contributed by atoms with Gasteiger partial charge >= 0.3 is 0 Å². The van der Waals surface area contributed by atoms with Crippen molar-refractivity contribution in [3.8, 4) is 0 Å². The number of halogens is 1. The number of hydrogen-bond acceptors (Lipinski definition) is 6.